The summed E-state index contributed by atoms with van der Waals surface area (Å²) in [4.78, 5) is 4.91. The Hall–Kier alpha value is -2.55. The van der Waals surface area contributed by atoms with E-state index in [1.807, 2.05) is 6.07 Å². The molecule has 0 radical (unpaired) electrons. The number of benzene rings is 1. The zero-order valence-electron chi connectivity index (χ0n) is 14.8. The molecule has 1 saturated carbocycles. The van der Waals surface area contributed by atoms with E-state index >= 15 is 0 Å². The van der Waals surface area contributed by atoms with Crippen molar-refractivity contribution in [2.24, 2.45) is 0 Å². The number of aromatic nitrogens is 2. The molecule has 2 heterocycles. The third-order valence-corrected chi connectivity index (χ3v) is 5.05. The Morgan fingerprint density at radius 1 is 1.00 bits per heavy atom. The number of fused-ring (bicyclic) bond motifs is 1. The van der Waals surface area contributed by atoms with Gasteiger partial charge in [0.05, 0.1) is 0 Å². The number of nitrogens with zero attached hydrogens (tertiary/aromatic N) is 2. The van der Waals surface area contributed by atoms with Crippen LogP contribution in [0.2, 0.25) is 0 Å². The summed E-state index contributed by atoms with van der Waals surface area (Å²) in [5.41, 5.74) is 4.45. The van der Waals surface area contributed by atoms with Crippen LogP contribution in [0.5, 0.6) is 0 Å². The van der Waals surface area contributed by atoms with Crippen LogP contribution in [0.3, 0.4) is 0 Å². The van der Waals surface area contributed by atoms with E-state index in [4.69, 9.17) is 4.98 Å². The van der Waals surface area contributed by atoms with Gasteiger partial charge in [0.15, 0.2) is 0 Å². The van der Waals surface area contributed by atoms with Gasteiger partial charge in [0.25, 0.3) is 0 Å². The Bertz CT molecular complexity index is 871. The molecular formula is C22H25N3. The van der Waals surface area contributed by atoms with Gasteiger partial charge in [-0.05, 0) is 43.0 Å². The van der Waals surface area contributed by atoms with E-state index in [0.717, 1.165) is 17.2 Å². The quantitative estimate of drug-likeness (QED) is 0.678. The first-order valence-corrected chi connectivity index (χ1v) is 9.28. The highest BCUT2D eigenvalue weighted by Crippen LogP contribution is 2.27. The fourth-order valence-corrected chi connectivity index (χ4v) is 3.66. The minimum atomic E-state index is 0.554. The van der Waals surface area contributed by atoms with Crippen molar-refractivity contribution in [3.05, 3.63) is 65.5 Å². The van der Waals surface area contributed by atoms with Gasteiger partial charge in [-0.1, -0.05) is 61.7 Å². The lowest BCUT2D eigenvalue weighted by Gasteiger charge is -2.23. The van der Waals surface area contributed by atoms with Gasteiger partial charge < -0.3 is 5.32 Å². The maximum absolute atomic E-state index is 4.91. The zero-order chi connectivity index (χ0) is 17.1. The molecule has 0 saturated heterocycles. The summed E-state index contributed by atoms with van der Waals surface area (Å²) in [5.74, 6) is 1.12. The SMILES string of the molecule is Cc1cccn2c(NC3CCCCC3)c(/C=C/c3ccccc3)nc12. The molecular weight excluding hydrogens is 306 g/mol. The van der Waals surface area contributed by atoms with E-state index in [1.165, 1.54) is 43.2 Å². The van der Waals surface area contributed by atoms with Gasteiger partial charge in [0.2, 0.25) is 0 Å². The van der Waals surface area contributed by atoms with Gasteiger partial charge in [-0.25, -0.2) is 4.98 Å². The summed E-state index contributed by atoms with van der Waals surface area (Å²) in [6.07, 6.45) is 12.9. The molecule has 128 valence electrons. The third kappa shape index (κ3) is 3.46. The van der Waals surface area contributed by atoms with Gasteiger partial charge >= 0.3 is 0 Å². The monoisotopic (exact) mass is 331 g/mol. The van der Waals surface area contributed by atoms with Crippen molar-refractivity contribution < 1.29 is 0 Å². The predicted octanol–water partition coefficient (Wildman–Crippen LogP) is 5.56. The number of pyridine rings is 1. The molecule has 1 N–H and O–H groups in total. The summed E-state index contributed by atoms with van der Waals surface area (Å²) < 4.78 is 2.20. The second-order valence-corrected chi connectivity index (χ2v) is 6.95. The lowest BCUT2D eigenvalue weighted by molar-refractivity contribution is 0.461. The Kier molecular flexibility index (Phi) is 4.55. The lowest BCUT2D eigenvalue weighted by Crippen LogP contribution is -2.23. The average molecular weight is 331 g/mol. The van der Waals surface area contributed by atoms with Crippen LogP contribution in [-0.2, 0) is 0 Å². The maximum Gasteiger partial charge on any atom is 0.142 e. The normalized spacial score (nSPS) is 15.9. The van der Waals surface area contributed by atoms with Gasteiger partial charge in [-0.15, -0.1) is 0 Å². The number of rotatable bonds is 4. The first-order valence-electron chi connectivity index (χ1n) is 9.28. The van der Waals surface area contributed by atoms with Crippen LogP contribution in [0.1, 0.15) is 48.9 Å². The van der Waals surface area contributed by atoms with Crippen molar-refractivity contribution in [1.29, 1.82) is 0 Å². The summed E-state index contributed by atoms with van der Waals surface area (Å²) in [7, 11) is 0. The van der Waals surface area contributed by atoms with E-state index in [9.17, 15) is 0 Å². The van der Waals surface area contributed by atoms with E-state index < -0.39 is 0 Å². The minimum Gasteiger partial charge on any atom is -0.367 e. The van der Waals surface area contributed by atoms with Crippen molar-refractivity contribution in [3.63, 3.8) is 0 Å². The molecule has 0 bridgehead atoms. The molecule has 0 aliphatic heterocycles. The van der Waals surface area contributed by atoms with Crippen LogP contribution in [0, 0.1) is 6.92 Å². The molecule has 3 heteroatoms. The number of aryl methyl sites for hydroxylation is 1. The molecule has 0 atom stereocenters. The molecule has 1 aliphatic rings. The molecule has 25 heavy (non-hydrogen) atoms. The molecule has 3 nitrogen and oxygen atoms in total. The first kappa shape index (κ1) is 15.9. The van der Waals surface area contributed by atoms with E-state index in [-0.39, 0.29) is 0 Å². The van der Waals surface area contributed by atoms with Crippen LogP contribution in [0.15, 0.2) is 48.7 Å². The van der Waals surface area contributed by atoms with E-state index in [1.54, 1.807) is 0 Å². The number of nitrogens with one attached hydrogen (secondary N) is 1. The number of hydrogen-bond donors (Lipinski definition) is 1. The Balaban J connectivity index is 1.72. The van der Waals surface area contributed by atoms with Crippen LogP contribution in [0.25, 0.3) is 17.8 Å². The van der Waals surface area contributed by atoms with E-state index in [2.05, 4.69) is 71.4 Å². The maximum atomic E-state index is 4.91. The van der Waals surface area contributed by atoms with Crippen LogP contribution in [0.4, 0.5) is 5.82 Å². The third-order valence-electron chi connectivity index (χ3n) is 5.05. The van der Waals surface area contributed by atoms with Crippen molar-refractivity contribution in [2.45, 2.75) is 45.1 Å². The highest BCUT2D eigenvalue weighted by Gasteiger charge is 2.18. The van der Waals surface area contributed by atoms with Crippen molar-refractivity contribution in [2.75, 3.05) is 5.32 Å². The second-order valence-electron chi connectivity index (χ2n) is 6.95. The van der Waals surface area contributed by atoms with Crippen LogP contribution < -0.4 is 5.32 Å². The molecule has 0 unspecified atom stereocenters. The smallest absolute Gasteiger partial charge is 0.142 e. The number of anilines is 1. The standard InChI is InChI=1S/C22H25N3/c1-17-9-8-16-25-21(17)24-20(15-14-18-10-4-2-5-11-18)22(25)23-19-12-6-3-7-13-19/h2,4-5,8-11,14-16,19,23H,3,6-7,12-13H2,1H3/b15-14+. The molecule has 4 rings (SSSR count). The average Bonchev–Trinajstić information content (AvgIpc) is 3.01. The fraction of sp³-hybridized carbons (Fsp3) is 0.318. The van der Waals surface area contributed by atoms with Crippen molar-refractivity contribution >= 4 is 23.6 Å². The second kappa shape index (κ2) is 7.14. The highest BCUT2D eigenvalue weighted by molar-refractivity contribution is 5.76. The largest absolute Gasteiger partial charge is 0.367 e. The Morgan fingerprint density at radius 3 is 2.60 bits per heavy atom. The number of hydrogen-bond acceptors (Lipinski definition) is 2. The lowest BCUT2D eigenvalue weighted by atomic mass is 9.95. The minimum absolute atomic E-state index is 0.554. The fourth-order valence-electron chi connectivity index (χ4n) is 3.66. The molecule has 3 aromatic rings. The molecule has 1 fully saturated rings. The zero-order valence-corrected chi connectivity index (χ0v) is 14.8. The van der Waals surface area contributed by atoms with Gasteiger partial charge in [0.1, 0.15) is 17.2 Å². The molecule has 1 aliphatic carbocycles. The Morgan fingerprint density at radius 2 is 1.80 bits per heavy atom. The van der Waals surface area contributed by atoms with Crippen molar-refractivity contribution in [3.8, 4) is 0 Å². The van der Waals surface area contributed by atoms with Crippen LogP contribution in [-0.4, -0.2) is 15.4 Å². The van der Waals surface area contributed by atoms with E-state index in [0.29, 0.717) is 6.04 Å². The summed E-state index contributed by atoms with van der Waals surface area (Å²) in [5, 5.41) is 3.79. The number of imidazole rings is 1. The summed E-state index contributed by atoms with van der Waals surface area (Å²) >= 11 is 0. The Labute approximate surface area is 149 Å². The molecule has 2 aromatic heterocycles. The highest BCUT2D eigenvalue weighted by atomic mass is 15.1. The van der Waals surface area contributed by atoms with Crippen LogP contribution >= 0.6 is 0 Å². The van der Waals surface area contributed by atoms with Crippen molar-refractivity contribution in [1.82, 2.24) is 9.38 Å². The summed E-state index contributed by atoms with van der Waals surface area (Å²) in [6.45, 7) is 2.12. The van der Waals surface area contributed by atoms with Gasteiger partial charge in [0, 0.05) is 12.2 Å². The molecule has 0 amide bonds. The molecule has 0 spiro atoms. The van der Waals surface area contributed by atoms with Gasteiger partial charge in [-0.3, -0.25) is 4.40 Å². The topological polar surface area (TPSA) is 29.3 Å². The summed E-state index contributed by atoms with van der Waals surface area (Å²) in [6, 6.07) is 15.2. The molecule has 1 aromatic carbocycles. The first-order chi connectivity index (χ1) is 12.3. The predicted molar refractivity (Wildman–Crippen MR) is 106 cm³/mol. The van der Waals surface area contributed by atoms with Gasteiger partial charge in [-0.2, -0.15) is 0 Å².